The van der Waals surface area contributed by atoms with Gasteiger partial charge in [0.15, 0.2) is 0 Å². The number of carboxylic acid groups (broad SMARTS) is 1. The summed E-state index contributed by atoms with van der Waals surface area (Å²) in [5, 5.41) is 14.8. The van der Waals surface area contributed by atoms with Crippen molar-refractivity contribution in [3.63, 3.8) is 0 Å². The van der Waals surface area contributed by atoms with Crippen LogP contribution in [0, 0.1) is 5.92 Å². The summed E-state index contributed by atoms with van der Waals surface area (Å²) < 4.78 is 5.24. The number of nitrogens with one attached hydrogen (secondary N) is 2. The lowest BCUT2D eigenvalue weighted by Crippen LogP contribution is -2.55. The Balaban J connectivity index is 1.68. The van der Waals surface area contributed by atoms with Gasteiger partial charge in [0, 0.05) is 19.3 Å². The summed E-state index contributed by atoms with van der Waals surface area (Å²) in [7, 11) is 0. The Bertz CT molecular complexity index is 963. The van der Waals surface area contributed by atoms with Crippen molar-refractivity contribution in [2.24, 2.45) is 5.92 Å². The van der Waals surface area contributed by atoms with E-state index in [0.29, 0.717) is 19.3 Å². The van der Waals surface area contributed by atoms with E-state index in [2.05, 4.69) is 10.6 Å². The van der Waals surface area contributed by atoms with Crippen molar-refractivity contribution < 1.29 is 29.0 Å². The molecule has 174 valence electrons. The summed E-state index contributed by atoms with van der Waals surface area (Å²) in [5.74, 6) is -2.32. The molecule has 2 amide bonds. The maximum atomic E-state index is 13.1. The highest BCUT2D eigenvalue weighted by atomic mass is 16.5. The fourth-order valence-electron chi connectivity index (χ4n) is 3.94. The average molecular weight is 453 g/mol. The largest absolute Gasteiger partial charge is 0.480 e. The van der Waals surface area contributed by atoms with Gasteiger partial charge in [0.2, 0.25) is 5.91 Å². The van der Waals surface area contributed by atoms with Crippen molar-refractivity contribution in [3.8, 4) is 0 Å². The van der Waals surface area contributed by atoms with E-state index in [1.54, 1.807) is 0 Å². The number of aliphatic carboxylic acids is 1. The van der Waals surface area contributed by atoms with Gasteiger partial charge in [-0.3, -0.25) is 9.59 Å². The number of Topliss-reactive ketones (excluding diaryl/α,β-unsaturated/α-hetero) is 1. The highest BCUT2D eigenvalue weighted by Crippen LogP contribution is 2.24. The zero-order chi connectivity index (χ0) is 23.6. The minimum atomic E-state index is -1.21. The monoisotopic (exact) mass is 452 g/mol. The fourth-order valence-corrected chi connectivity index (χ4v) is 3.94. The number of carboxylic acids is 1. The Kier molecular flexibility index (Phi) is 8.57. The predicted octanol–water partition coefficient (Wildman–Crippen LogP) is 2.85. The number of amides is 2. The molecule has 0 heterocycles. The summed E-state index contributed by atoms with van der Waals surface area (Å²) in [5.41, 5.74) is 1.59. The molecule has 1 aliphatic rings. The van der Waals surface area contributed by atoms with Gasteiger partial charge >= 0.3 is 12.1 Å². The lowest BCUT2D eigenvalue weighted by molar-refractivity contribution is -0.144. The smallest absolute Gasteiger partial charge is 0.408 e. The molecule has 0 aromatic heterocycles. The molecule has 3 N–H and O–H groups in total. The van der Waals surface area contributed by atoms with Crippen molar-refractivity contribution >= 4 is 23.8 Å². The SMILES string of the molecule is O=C1CCC[C@H]([C@@H](NC(=O)[C@H](Cc2ccccc2)NC(=O)OCc2ccccc2)C(=O)O)C1. The molecule has 0 unspecified atom stereocenters. The first-order valence-corrected chi connectivity index (χ1v) is 11.0. The summed E-state index contributed by atoms with van der Waals surface area (Å²) >= 11 is 0. The Hall–Kier alpha value is -3.68. The molecular weight excluding hydrogens is 424 g/mol. The van der Waals surface area contributed by atoms with E-state index >= 15 is 0 Å². The van der Waals surface area contributed by atoms with E-state index in [0.717, 1.165) is 11.1 Å². The molecule has 0 aliphatic heterocycles. The zero-order valence-electron chi connectivity index (χ0n) is 18.2. The number of hydrogen-bond acceptors (Lipinski definition) is 5. The third kappa shape index (κ3) is 7.45. The highest BCUT2D eigenvalue weighted by molar-refractivity contribution is 5.90. The maximum absolute atomic E-state index is 13.1. The van der Waals surface area contributed by atoms with E-state index in [9.17, 15) is 24.3 Å². The number of hydrogen-bond donors (Lipinski definition) is 3. The van der Waals surface area contributed by atoms with Crippen LogP contribution in [0.1, 0.15) is 36.8 Å². The molecule has 0 saturated heterocycles. The minimum Gasteiger partial charge on any atom is -0.480 e. The molecule has 0 radical (unpaired) electrons. The van der Waals surface area contributed by atoms with Crippen molar-refractivity contribution in [2.45, 2.75) is 50.8 Å². The van der Waals surface area contributed by atoms with Crippen LogP contribution < -0.4 is 10.6 Å². The number of rotatable bonds is 9. The molecule has 0 spiro atoms. The van der Waals surface area contributed by atoms with Crippen LogP contribution in [0.4, 0.5) is 4.79 Å². The van der Waals surface area contributed by atoms with Crippen LogP contribution >= 0.6 is 0 Å². The van der Waals surface area contributed by atoms with Crippen LogP contribution in [0.5, 0.6) is 0 Å². The number of alkyl carbamates (subject to hydrolysis) is 1. The van der Waals surface area contributed by atoms with Crippen LogP contribution in [-0.2, 0) is 32.1 Å². The Labute approximate surface area is 192 Å². The van der Waals surface area contributed by atoms with Crippen LogP contribution in [0.3, 0.4) is 0 Å². The minimum absolute atomic E-state index is 0.00445. The van der Waals surface area contributed by atoms with Gasteiger partial charge in [-0.15, -0.1) is 0 Å². The number of carbonyl (C=O) groups excluding carboxylic acids is 3. The lowest BCUT2D eigenvalue weighted by atomic mass is 9.83. The molecule has 0 bridgehead atoms. The van der Waals surface area contributed by atoms with E-state index in [4.69, 9.17) is 4.74 Å². The van der Waals surface area contributed by atoms with Gasteiger partial charge in [-0.2, -0.15) is 0 Å². The zero-order valence-corrected chi connectivity index (χ0v) is 18.2. The first-order valence-electron chi connectivity index (χ1n) is 11.0. The number of ether oxygens (including phenoxy) is 1. The molecule has 3 rings (SSSR count). The average Bonchev–Trinajstić information content (AvgIpc) is 2.82. The fraction of sp³-hybridized carbons (Fsp3) is 0.360. The van der Waals surface area contributed by atoms with E-state index < -0.39 is 36.0 Å². The molecule has 2 aromatic carbocycles. The second-order valence-corrected chi connectivity index (χ2v) is 8.17. The summed E-state index contributed by atoms with van der Waals surface area (Å²) in [6, 6.07) is 15.9. The molecule has 2 aromatic rings. The number of ketones is 1. The first kappa shape index (κ1) is 24.0. The van der Waals surface area contributed by atoms with Crippen LogP contribution in [0.15, 0.2) is 60.7 Å². The second kappa shape index (κ2) is 11.8. The topological polar surface area (TPSA) is 122 Å². The second-order valence-electron chi connectivity index (χ2n) is 8.17. The molecule has 3 atom stereocenters. The van der Waals surface area contributed by atoms with Gasteiger partial charge in [0.05, 0.1) is 0 Å². The lowest BCUT2D eigenvalue weighted by Gasteiger charge is -2.29. The third-order valence-electron chi connectivity index (χ3n) is 5.66. The van der Waals surface area contributed by atoms with Gasteiger partial charge in [0.1, 0.15) is 24.5 Å². The van der Waals surface area contributed by atoms with Crippen molar-refractivity contribution in [1.29, 1.82) is 0 Å². The molecular formula is C25H28N2O6. The maximum Gasteiger partial charge on any atom is 0.408 e. The molecule has 1 aliphatic carbocycles. The standard InChI is InChI=1S/C25H28N2O6/c28-20-13-7-12-19(15-20)22(24(30)31)27-23(29)21(14-17-8-3-1-4-9-17)26-25(32)33-16-18-10-5-2-6-11-18/h1-6,8-11,19,21-22H,7,12-16H2,(H,26,32)(H,27,29)(H,30,31)/t19-,21-,22+/m0/s1. The van der Waals surface area contributed by atoms with Crippen LogP contribution in [0.2, 0.25) is 0 Å². The quantitative estimate of drug-likeness (QED) is 0.538. The molecule has 8 nitrogen and oxygen atoms in total. The van der Waals surface area contributed by atoms with Gasteiger partial charge < -0.3 is 20.5 Å². The summed E-state index contributed by atoms with van der Waals surface area (Å²) in [4.78, 5) is 49.2. The molecule has 1 fully saturated rings. The van der Waals surface area contributed by atoms with Crippen LogP contribution in [-0.4, -0.2) is 40.9 Å². The van der Waals surface area contributed by atoms with Crippen molar-refractivity contribution in [3.05, 3.63) is 71.8 Å². The van der Waals surface area contributed by atoms with Crippen molar-refractivity contribution in [2.75, 3.05) is 0 Å². The van der Waals surface area contributed by atoms with Gasteiger partial charge in [-0.25, -0.2) is 9.59 Å². The summed E-state index contributed by atoms with van der Waals surface area (Å²) in [6.07, 6.45) is 1.06. The van der Waals surface area contributed by atoms with Crippen LogP contribution in [0.25, 0.3) is 0 Å². The Morgan fingerprint density at radius 1 is 0.970 bits per heavy atom. The van der Waals surface area contributed by atoms with Gasteiger partial charge in [0.25, 0.3) is 0 Å². The third-order valence-corrected chi connectivity index (χ3v) is 5.66. The number of benzene rings is 2. The predicted molar refractivity (Wildman–Crippen MR) is 120 cm³/mol. The molecule has 8 heteroatoms. The number of carbonyl (C=O) groups is 4. The van der Waals surface area contributed by atoms with E-state index in [-0.39, 0.29) is 25.2 Å². The first-order chi connectivity index (χ1) is 15.9. The molecule has 1 saturated carbocycles. The Morgan fingerprint density at radius 3 is 2.21 bits per heavy atom. The Morgan fingerprint density at radius 2 is 1.61 bits per heavy atom. The normalized spacial score (nSPS) is 17.5. The van der Waals surface area contributed by atoms with Gasteiger partial charge in [-0.1, -0.05) is 60.7 Å². The van der Waals surface area contributed by atoms with E-state index in [1.807, 2.05) is 60.7 Å². The summed E-state index contributed by atoms with van der Waals surface area (Å²) in [6.45, 7) is 0.0360. The van der Waals surface area contributed by atoms with Crippen molar-refractivity contribution in [1.82, 2.24) is 10.6 Å². The highest BCUT2D eigenvalue weighted by Gasteiger charge is 2.35. The van der Waals surface area contributed by atoms with Gasteiger partial charge in [-0.05, 0) is 29.9 Å². The molecule has 33 heavy (non-hydrogen) atoms. The van der Waals surface area contributed by atoms with E-state index in [1.165, 1.54) is 0 Å².